The summed E-state index contributed by atoms with van der Waals surface area (Å²) in [6.07, 6.45) is 4.01. The molecule has 0 heterocycles. The van der Waals surface area contributed by atoms with Crippen LogP contribution in [0.5, 0.6) is 5.75 Å². The minimum absolute atomic E-state index is 0.132. The fourth-order valence-electron chi connectivity index (χ4n) is 2.98. The Morgan fingerprint density at radius 1 is 1.24 bits per heavy atom. The number of nitrogens with two attached hydrogens (primary N) is 1. The van der Waals surface area contributed by atoms with E-state index in [-0.39, 0.29) is 6.10 Å². The van der Waals surface area contributed by atoms with E-state index in [4.69, 9.17) is 10.5 Å². The summed E-state index contributed by atoms with van der Waals surface area (Å²) in [6.45, 7) is 5.07. The molecule has 0 aliphatic heterocycles. The molecule has 2 N–H and O–H groups in total. The summed E-state index contributed by atoms with van der Waals surface area (Å²) in [5, 5.41) is 0. The van der Waals surface area contributed by atoms with Gasteiger partial charge in [0.2, 0.25) is 0 Å². The molecule has 1 aliphatic carbocycles. The minimum atomic E-state index is 0.132. The van der Waals surface area contributed by atoms with Crippen molar-refractivity contribution in [1.29, 1.82) is 0 Å². The van der Waals surface area contributed by atoms with Gasteiger partial charge in [-0.15, -0.1) is 0 Å². The van der Waals surface area contributed by atoms with Crippen molar-refractivity contribution in [3.05, 3.63) is 18.2 Å². The molecular weight excluding hydrogens is 262 g/mol. The maximum atomic E-state index is 6.00. The molecule has 1 aliphatic rings. The molecule has 0 amide bonds. The van der Waals surface area contributed by atoms with Crippen molar-refractivity contribution in [3.63, 3.8) is 0 Å². The van der Waals surface area contributed by atoms with E-state index in [1.165, 1.54) is 19.3 Å². The average Bonchev–Trinajstić information content (AvgIpc) is 2.35. The van der Waals surface area contributed by atoms with Crippen molar-refractivity contribution in [2.24, 2.45) is 0 Å². The van der Waals surface area contributed by atoms with Crippen molar-refractivity contribution in [1.82, 2.24) is 4.90 Å². The van der Waals surface area contributed by atoms with Gasteiger partial charge in [0.1, 0.15) is 5.75 Å². The molecule has 0 spiro atoms. The summed E-state index contributed by atoms with van der Waals surface area (Å²) >= 11 is 0. The lowest BCUT2D eigenvalue weighted by molar-refractivity contribution is 0.0683. The molecule has 4 nitrogen and oxygen atoms in total. The molecule has 1 aromatic rings. The van der Waals surface area contributed by atoms with Crippen LogP contribution < -0.4 is 15.4 Å². The number of rotatable bonds is 6. The molecule has 118 valence electrons. The van der Waals surface area contributed by atoms with E-state index in [0.717, 1.165) is 18.0 Å². The van der Waals surface area contributed by atoms with E-state index in [1.807, 2.05) is 19.9 Å². The zero-order chi connectivity index (χ0) is 15.6. The van der Waals surface area contributed by atoms with E-state index >= 15 is 0 Å². The number of ether oxygens (including phenoxy) is 1. The maximum Gasteiger partial charge on any atom is 0.144 e. The largest absolute Gasteiger partial charge is 0.489 e. The van der Waals surface area contributed by atoms with Crippen LogP contribution in [-0.2, 0) is 0 Å². The van der Waals surface area contributed by atoms with Crippen LogP contribution in [0.4, 0.5) is 11.4 Å². The third kappa shape index (κ3) is 3.43. The zero-order valence-electron chi connectivity index (χ0n) is 14.0. The second-order valence-corrected chi connectivity index (χ2v) is 6.72. The first-order chi connectivity index (χ1) is 9.84. The van der Waals surface area contributed by atoms with Gasteiger partial charge in [0.25, 0.3) is 0 Å². The topological polar surface area (TPSA) is 41.7 Å². The van der Waals surface area contributed by atoms with Crippen molar-refractivity contribution in [2.45, 2.75) is 44.8 Å². The first-order valence-corrected chi connectivity index (χ1v) is 7.79. The van der Waals surface area contributed by atoms with Crippen LogP contribution in [0.15, 0.2) is 18.2 Å². The zero-order valence-corrected chi connectivity index (χ0v) is 14.0. The van der Waals surface area contributed by atoms with Crippen molar-refractivity contribution in [3.8, 4) is 5.75 Å². The number of likely N-dealkylation sites (N-methyl/N-ethyl adjacent to an activating group) is 2. The molecule has 2 rings (SSSR count). The van der Waals surface area contributed by atoms with Crippen LogP contribution in [0.25, 0.3) is 0 Å². The average molecular weight is 291 g/mol. The summed E-state index contributed by atoms with van der Waals surface area (Å²) < 4.78 is 5.79. The fourth-order valence-corrected chi connectivity index (χ4v) is 2.98. The minimum Gasteiger partial charge on any atom is -0.489 e. The lowest BCUT2D eigenvalue weighted by atomic mass is 9.75. The van der Waals surface area contributed by atoms with Gasteiger partial charge in [-0.1, -0.05) is 0 Å². The third-order valence-electron chi connectivity index (χ3n) is 4.57. The van der Waals surface area contributed by atoms with Gasteiger partial charge in [-0.05, 0) is 59.3 Å². The van der Waals surface area contributed by atoms with Gasteiger partial charge in [0, 0.05) is 30.9 Å². The number of hydrogen-bond acceptors (Lipinski definition) is 4. The third-order valence-corrected chi connectivity index (χ3v) is 4.57. The van der Waals surface area contributed by atoms with Gasteiger partial charge in [-0.25, -0.2) is 0 Å². The number of anilines is 2. The van der Waals surface area contributed by atoms with Crippen LogP contribution in [0.3, 0.4) is 0 Å². The molecule has 1 aromatic carbocycles. The summed E-state index contributed by atoms with van der Waals surface area (Å²) in [7, 11) is 6.51. The van der Waals surface area contributed by atoms with Gasteiger partial charge < -0.3 is 20.3 Å². The molecule has 1 fully saturated rings. The molecule has 21 heavy (non-hydrogen) atoms. The molecule has 0 bridgehead atoms. The number of benzene rings is 1. The Bertz CT molecular complexity index is 481. The van der Waals surface area contributed by atoms with Crippen LogP contribution in [-0.4, -0.2) is 44.2 Å². The highest BCUT2D eigenvalue weighted by molar-refractivity contribution is 5.62. The first kappa shape index (κ1) is 16.0. The van der Waals surface area contributed by atoms with Gasteiger partial charge in [-0.2, -0.15) is 0 Å². The van der Waals surface area contributed by atoms with E-state index in [1.54, 1.807) is 0 Å². The van der Waals surface area contributed by atoms with Crippen molar-refractivity contribution < 1.29 is 4.74 Å². The standard InChI is InChI=1S/C17H29N3O/c1-13(2)21-16-11-14(7-8-15(16)18)20(5)12-17(19(3)4)9-6-10-17/h7-8,11,13H,6,9-10,12,18H2,1-5H3. The second kappa shape index (κ2) is 6.14. The Morgan fingerprint density at radius 2 is 1.90 bits per heavy atom. The quantitative estimate of drug-likeness (QED) is 0.818. The number of hydrogen-bond donors (Lipinski definition) is 1. The fraction of sp³-hybridized carbons (Fsp3) is 0.647. The van der Waals surface area contributed by atoms with E-state index in [2.05, 4.69) is 43.1 Å². The monoisotopic (exact) mass is 291 g/mol. The predicted molar refractivity (Wildman–Crippen MR) is 90.2 cm³/mol. The van der Waals surface area contributed by atoms with Gasteiger partial charge >= 0.3 is 0 Å². The predicted octanol–water partition coefficient (Wildman–Crippen LogP) is 2.98. The molecule has 0 saturated heterocycles. The normalized spacial score (nSPS) is 16.9. The van der Waals surface area contributed by atoms with Gasteiger partial charge in [0.05, 0.1) is 11.8 Å². The lowest BCUT2D eigenvalue weighted by Crippen LogP contribution is -2.56. The van der Waals surface area contributed by atoms with E-state index in [9.17, 15) is 0 Å². The molecular formula is C17H29N3O. The smallest absolute Gasteiger partial charge is 0.144 e. The Morgan fingerprint density at radius 3 is 2.38 bits per heavy atom. The maximum absolute atomic E-state index is 6.00. The van der Waals surface area contributed by atoms with Crippen LogP contribution in [0.1, 0.15) is 33.1 Å². The van der Waals surface area contributed by atoms with E-state index in [0.29, 0.717) is 11.2 Å². The van der Waals surface area contributed by atoms with Crippen molar-refractivity contribution >= 4 is 11.4 Å². The van der Waals surface area contributed by atoms with Crippen LogP contribution in [0, 0.1) is 0 Å². The molecule has 0 unspecified atom stereocenters. The Hall–Kier alpha value is -1.42. The summed E-state index contributed by atoms with van der Waals surface area (Å²) in [4.78, 5) is 4.68. The Balaban J connectivity index is 2.13. The second-order valence-electron chi connectivity index (χ2n) is 6.72. The molecule has 4 heteroatoms. The summed E-state index contributed by atoms with van der Waals surface area (Å²) in [5.41, 5.74) is 8.17. The highest BCUT2D eigenvalue weighted by atomic mass is 16.5. The van der Waals surface area contributed by atoms with E-state index < -0.39 is 0 Å². The van der Waals surface area contributed by atoms with Crippen LogP contribution in [0.2, 0.25) is 0 Å². The molecule has 0 atom stereocenters. The van der Waals surface area contributed by atoms with Crippen molar-refractivity contribution in [2.75, 3.05) is 38.3 Å². The highest BCUT2D eigenvalue weighted by Crippen LogP contribution is 2.38. The number of nitrogens with zero attached hydrogens (tertiary/aromatic N) is 2. The lowest BCUT2D eigenvalue weighted by Gasteiger charge is -2.49. The van der Waals surface area contributed by atoms with Gasteiger partial charge in [-0.3, -0.25) is 0 Å². The molecule has 0 aromatic heterocycles. The van der Waals surface area contributed by atoms with Crippen LogP contribution >= 0.6 is 0 Å². The molecule has 1 saturated carbocycles. The SMILES string of the molecule is CC(C)Oc1cc(N(C)CC2(N(C)C)CCC2)ccc1N. The Kier molecular flexibility index (Phi) is 4.67. The summed E-state index contributed by atoms with van der Waals surface area (Å²) in [6, 6.07) is 6.06. The highest BCUT2D eigenvalue weighted by Gasteiger charge is 2.39. The number of nitrogen functional groups attached to an aromatic ring is 1. The Labute approximate surface area is 128 Å². The first-order valence-electron chi connectivity index (χ1n) is 7.79. The van der Waals surface area contributed by atoms with Gasteiger partial charge in [0.15, 0.2) is 0 Å². The molecule has 0 radical (unpaired) electrons. The summed E-state index contributed by atoms with van der Waals surface area (Å²) in [5.74, 6) is 0.780.